The van der Waals surface area contributed by atoms with Crippen LogP contribution in [0, 0.1) is 0 Å². The molecular weight excluding hydrogens is 240 g/mol. The van der Waals surface area contributed by atoms with E-state index in [9.17, 15) is 8.42 Å². The molecule has 98 valence electrons. The van der Waals surface area contributed by atoms with Gasteiger partial charge in [-0.25, -0.2) is 8.42 Å². The number of H-pyrrole nitrogens is 1. The summed E-state index contributed by atoms with van der Waals surface area (Å²) in [5.74, 6) is 0. The van der Waals surface area contributed by atoms with Gasteiger partial charge in [0.05, 0.1) is 6.20 Å². The zero-order valence-corrected chi connectivity index (χ0v) is 11.5. The van der Waals surface area contributed by atoms with Gasteiger partial charge < -0.3 is 5.32 Å². The highest BCUT2D eigenvalue weighted by Crippen LogP contribution is 2.19. The summed E-state index contributed by atoms with van der Waals surface area (Å²) in [5.41, 5.74) is 0.655. The lowest BCUT2D eigenvalue weighted by atomic mass is 10.3. The Morgan fingerprint density at radius 3 is 2.76 bits per heavy atom. The van der Waals surface area contributed by atoms with Gasteiger partial charge >= 0.3 is 0 Å². The molecular formula is C10H20N4O2S. The molecule has 0 aliphatic rings. The van der Waals surface area contributed by atoms with Crippen LogP contribution in [-0.2, 0) is 16.6 Å². The number of hydrogen-bond donors (Lipinski definition) is 2. The van der Waals surface area contributed by atoms with Crippen molar-refractivity contribution in [1.82, 2.24) is 19.8 Å². The second-order valence-electron chi connectivity index (χ2n) is 4.03. The minimum absolute atomic E-state index is 0.0364. The van der Waals surface area contributed by atoms with Crippen molar-refractivity contribution in [2.24, 2.45) is 0 Å². The van der Waals surface area contributed by atoms with Crippen LogP contribution in [0.5, 0.6) is 0 Å². The molecule has 0 aliphatic heterocycles. The predicted octanol–water partition coefficient (Wildman–Crippen LogP) is 0.548. The van der Waals surface area contributed by atoms with Crippen LogP contribution in [0.2, 0.25) is 0 Å². The van der Waals surface area contributed by atoms with E-state index in [0.29, 0.717) is 12.1 Å². The molecule has 0 amide bonds. The Morgan fingerprint density at radius 1 is 1.59 bits per heavy atom. The zero-order chi connectivity index (χ0) is 13.1. The summed E-state index contributed by atoms with van der Waals surface area (Å²) in [7, 11) is -0.128. The lowest BCUT2D eigenvalue weighted by Gasteiger charge is -2.22. The smallest absolute Gasteiger partial charge is 0.260 e. The van der Waals surface area contributed by atoms with Crippen LogP contribution in [0.4, 0.5) is 0 Å². The maximum absolute atomic E-state index is 12.3. The second kappa shape index (κ2) is 5.61. The number of aromatic nitrogens is 2. The Hall–Kier alpha value is -0.920. The molecule has 1 heterocycles. The fourth-order valence-electron chi connectivity index (χ4n) is 1.48. The summed E-state index contributed by atoms with van der Waals surface area (Å²) in [6.07, 6.45) is 2.30. The maximum Gasteiger partial charge on any atom is 0.260 e. The molecule has 1 atom stereocenters. The fraction of sp³-hybridized carbons (Fsp3) is 0.700. The molecule has 1 aromatic rings. The number of hydrogen-bond acceptors (Lipinski definition) is 4. The largest absolute Gasteiger partial charge is 0.316 e. The number of aromatic amines is 1. The van der Waals surface area contributed by atoms with E-state index in [1.165, 1.54) is 10.5 Å². The molecule has 6 nitrogen and oxygen atoms in total. The number of nitrogens with one attached hydrogen (secondary N) is 2. The molecule has 7 heteroatoms. The Kier molecular flexibility index (Phi) is 4.67. The van der Waals surface area contributed by atoms with Crippen LogP contribution < -0.4 is 5.32 Å². The van der Waals surface area contributed by atoms with Gasteiger partial charge in [0.25, 0.3) is 10.0 Å². The molecule has 1 unspecified atom stereocenters. The van der Waals surface area contributed by atoms with Gasteiger partial charge in [0.1, 0.15) is 0 Å². The molecule has 1 rings (SSSR count). The average Bonchev–Trinajstić information content (AvgIpc) is 2.76. The third kappa shape index (κ3) is 2.85. The van der Waals surface area contributed by atoms with Gasteiger partial charge in [0.15, 0.2) is 5.03 Å². The van der Waals surface area contributed by atoms with Crippen LogP contribution in [0.3, 0.4) is 0 Å². The van der Waals surface area contributed by atoms with Gasteiger partial charge in [-0.1, -0.05) is 6.92 Å². The predicted molar refractivity (Wildman–Crippen MR) is 66.1 cm³/mol. The van der Waals surface area contributed by atoms with Gasteiger partial charge in [-0.2, -0.15) is 9.40 Å². The van der Waals surface area contributed by atoms with E-state index < -0.39 is 10.0 Å². The van der Waals surface area contributed by atoms with Gasteiger partial charge in [-0.15, -0.1) is 0 Å². The molecule has 0 fully saturated rings. The number of sulfonamides is 1. The first-order valence-corrected chi connectivity index (χ1v) is 7.04. The summed E-state index contributed by atoms with van der Waals surface area (Å²) in [4.78, 5) is 0. The third-order valence-electron chi connectivity index (χ3n) is 2.89. The highest BCUT2D eigenvalue weighted by molar-refractivity contribution is 7.89. The van der Waals surface area contributed by atoms with E-state index in [2.05, 4.69) is 15.5 Å². The molecule has 0 aromatic carbocycles. The fourth-order valence-corrected chi connectivity index (χ4v) is 3.01. The highest BCUT2D eigenvalue weighted by Gasteiger charge is 2.28. The average molecular weight is 260 g/mol. The van der Waals surface area contributed by atoms with E-state index in [1.807, 2.05) is 13.8 Å². The lowest BCUT2D eigenvalue weighted by Crippen LogP contribution is -2.35. The maximum atomic E-state index is 12.3. The molecule has 17 heavy (non-hydrogen) atoms. The van der Waals surface area contributed by atoms with Crippen LogP contribution in [0.25, 0.3) is 0 Å². The van der Waals surface area contributed by atoms with Crippen molar-refractivity contribution in [2.75, 3.05) is 14.1 Å². The van der Waals surface area contributed by atoms with Crippen molar-refractivity contribution in [1.29, 1.82) is 0 Å². The first kappa shape index (κ1) is 14.1. The normalized spacial score (nSPS) is 14.2. The molecule has 2 N–H and O–H groups in total. The Balaban J connectivity index is 3.08. The van der Waals surface area contributed by atoms with Crippen molar-refractivity contribution < 1.29 is 8.42 Å². The van der Waals surface area contributed by atoms with E-state index in [1.54, 1.807) is 14.1 Å². The first-order valence-electron chi connectivity index (χ1n) is 5.60. The van der Waals surface area contributed by atoms with Crippen LogP contribution in [0.1, 0.15) is 25.8 Å². The highest BCUT2D eigenvalue weighted by atomic mass is 32.2. The van der Waals surface area contributed by atoms with Crippen molar-refractivity contribution in [3.63, 3.8) is 0 Å². The number of nitrogens with zero attached hydrogens (tertiary/aromatic N) is 2. The van der Waals surface area contributed by atoms with Crippen molar-refractivity contribution in [3.8, 4) is 0 Å². The molecule has 0 spiro atoms. The summed E-state index contributed by atoms with van der Waals surface area (Å²) in [6.45, 7) is 4.31. The molecule has 0 radical (unpaired) electrons. The van der Waals surface area contributed by atoms with Gasteiger partial charge in [0, 0.05) is 25.2 Å². The van der Waals surface area contributed by atoms with E-state index in [-0.39, 0.29) is 11.1 Å². The summed E-state index contributed by atoms with van der Waals surface area (Å²) < 4.78 is 26.0. The minimum atomic E-state index is -3.48. The second-order valence-corrected chi connectivity index (χ2v) is 5.97. The third-order valence-corrected chi connectivity index (χ3v) is 4.88. The molecule has 0 aliphatic carbocycles. The Labute approximate surface area is 102 Å². The monoisotopic (exact) mass is 260 g/mol. The van der Waals surface area contributed by atoms with Crippen molar-refractivity contribution in [2.45, 2.75) is 37.9 Å². The zero-order valence-electron chi connectivity index (χ0n) is 10.7. The standard InChI is InChI=1S/C10H20N4O2S/c1-5-8(2)14(4)17(15,16)10-9(6-11-3)7-12-13-10/h7-8,11H,5-6H2,1-4H3,(H,12,13). The molecule has 0 saturated carbocycles. The van der Waals surface area contributed by atoms with E-state index >= 15 is 0 Å². The molecule has 0 saturated heterocycles. The first-order chi connectivity index (χ1) is 7.95. The summed E-state index contributed by atoms with van der Waals surface area (Å²) in [6, 6.07) is -0.0364. The Morgan fingerprint density at radius 2 is 2.24 bits per heavy atom. The van der Waals surface area contributed by atoms with Gasteiger partial charge in [-0.05, 0) is 20.4 Å². The minimum Gasteiger partial charge on any atom is -0.316 e. The van der Waals surface area contributed by atoms with Crippen molar-refractivity contribution in [3.05, 3.63) is 11.8 Å². The molecule has 1 aromatic heterocycles. The van der Waals surface area contributed by atoms with E-state index in [4.69, 9.17) is 0 Å². The van der Waals surface area contributed by atoms with Crippen molar-refractivity contribution >= 4 is 10.0 Å². The number of rotatable bonds is 6. The topological polar surface area (TPSA) is 78.1 Å². The SMILES string of the molecule is CCC(C)N(C)S(=O)(=O)c1[nH]ncc1CNC. The van der Waals surface area contributed by atoms with Gasteiger partial charge in [-0.3, -0.25) is 5.10 Å². The van der Waals surface area contributed by atoms with Crippen LogP contribution >= 0.6 is 0 Å². The quantitative estimate of drug-likeness (QED) is 0.783. The Bertz CT molecular complexity index is 455. The molecule has 0 bridgehead atoms. The van der Waals surface area contributed by atoms with Crippen LogP contribution in [0.15, 0.2) is 11.2 Å². The van der Waals surface area contributed by atoms with E-state index in [0.717, 1.165) is 6.42 Å². The summed E-state index contributed by atoms with van der Waals surface area (Å²) in [5, 5.41) is 9.47. The lowest BCUT2D eigenvalue weighted by molar-refractivity contribution is 0.378. The van der Waals surface area contributed by atoms with Gasteiger partial charge in [0.2, 0.25) is 0 Å². The summed E-state index contributed by atoms with van der Waals surface area (Å²) >= 11 is 0. The van der Waals surface area contributed by atoms with Crippen LogP contribution in [-0.4, -0.2) is 43.1 Å².